The fourth-order valence-electron chi connectivity index (χ4n) is 2.09. The average molecular weight is 305 g/mol. The number of nitrogens with zero attached hydrogens (tertiary/aromatic N) is 3. The summed E-state index contributed by atoms with van der Waals surface area (Å²) in [5.41, 5.74) is 2.15. The Kier molecular flexibility index (Phi) is 5.53. The number of hydrogen-bond acceptors (Lipinski definition) is 4. The predicted octanol–water partition coefficient (Wildman–Crippen LogP) is 3.44. The Morgan fingerprint density at radius 3 is 2.52 bits per heavy atom. The van der Waals surface area contributed by atoms with Crippen molar-refractivity contribution in [1.82, 2.24) is 15.3 Å². The molecule has 0 amide bonds. The molecule has 1 aromatic heterocycles. The van der Waals surface area contributed by atoms with Crippen LogP contribution in [-0.4, -0.2) is 23.6 Å². The van der Waals surface area contributed by atoms with E-state index in [0.29, 0.717) is 5.95 Å². The molecule has 5 heteroatoms. The first-order valence-electron chi connectivity index (χ1n) is 7.12. The van der Waals surface area contributed by atoms with E-state index in [1.54, 1.807) is 0 Å². The lowest BCUT2D eigenvalue weighted by molar-refractivity contribution is 0.701. The number of anilines is 1. The Bertz CT molecular complexity index is 571. The van der Waals surface area contributed by atoms with Gasteiger partial charge in [0.1, 0.15) is 0 Å². The molecular formula is C16H21ClN4. The van der Waals surface area contributed by atoms with Gasteiger partial charge in [0, 0.05) is 36.6 Å². The molecule has 0 radical (unpaired) electrons. The van der Waals surface area contributed by atoms with Gasteiger partial charge in [-0.15, -0.1) is 0 Å². The molecule has 0 saturated carbocycles. The van der Waals surface area contributed by atoms with E-state index in [-0.39, 0.29) is 6.04 Å². The molecule has 0 fully saturated rings. The third-order valence-corrected chi connectivity index (χ3v) is 3.87. The van der Waals surface area contributed by atoms with E-state index in [2.05, 4.69) is 29.1 Å². The Labute approximate surface area is 131 Å². The summed E-state index contributed by atoms with van der Waals surface area (Å²) in [5.74, 6) is 0.697. The number of benzene rings is 1. The summed E-state index contributed by atoms with van der Waals surface area (Å²) in [6, 6.07) is 7.97. The smallest absolute Gasteiger partial charge is 0.225 e. The summed E-state index contributed by atoms with van der Waals surface area (Å²) in [7, 11) is 1.98. The van der Waals surface area contributed by atoms with Gasteiger partial charge < -0.3 is 10.2 Å². The van der Waals surface area contributed by atoms with Gasteiger partial charge in [-0.2, -0.15) is 0 Å². The highest BCUT2D eigenvalue weighted by atomic mass is 35.5. The molecule has 0 saturated heterocycles. The first-order chi connectivity index (χ1) is 10.1. The lowest BCUT2D eigenvalue weighted by Gasteiger charge is -2.26. The van der Waals surface area contributed by atoms with Crippen molar-refractivity contribution in [3.05, 3.63) is 52.8 Å². The molecule has 2 rings (SSSR count). The summed E-state index contributed by atoms with van der Waals surface area (Å²) in [4.78, 5) is 10.9. The highest BCUT2D eigenvalue weighted by molar-refractivity contribution is 6.31. The minimum Gasteiger partial charge on any atom is -0.337 e. The number of rotatable bonds is 6. The van der Waals surface area contributed by atoms with Crippen molar-refractivity contribution in [2.75, 3.05) is 18.5 Å². The monoisotopic (exact) mass is 304 g/mol. The molecule has 112 valence electrons. The van der Waals surface area contributed by atoms with Crippen molar-refractivity contribution < 1.29 is 0 Å². The summed E-state index contributed by atoms with van der Waals surface area (Å²) >= 11 is 6.26. The van der Waals surface area contributed by atoms with Crippen molar-refractivity contribution in [3.63, 3.8) is 0 Å². The summed E-state index contributed by atoms with van der Waals surface area (Å²) in [5, 5.41) is 4.02. The van der Waals surface area contributed by atoms with Gasteiger partial charge in [0.05, 0.1) is 6.04 Å². The molecule has 0 aliphatic rings. The van der Waals surface area contributed by atoms with Gasteiger partial charge in [-0.05, 0) is 25.1 Å². The molecule has 2 aromatic rings. The van der Waals surface area contributed by atoms with Gasteiger partial charge in [0.15, 0.2) is 0 Å². The molecule has 0 spiro atoms. The van der Waals surface area contributed by atoms with Crippen LogP contribution in [0, 0.1) is 0 Å². The fraction of sp³-hybridized carbons (Fsp3) is 0.375. The standard InChI is InChI=1S/C16H21ClN4/c1-4-18-9-13-10-19-16(20-11-13)21(3)12(2)14-7-5-6-8-15(14)17/h5-8,10-12,18H,4,9H2,1-3H3. The van der Waals surface area contributed by atoms with Crippen LogP contribution < -0.4 is 10.2 Å². The van der Waals surface area contributed by atoms with Gasteiger partial charge in [0.25, 0.3) is 0 Å². The van der Waals surface area contributed by atoms with Crippen molar-refractivity contribution in [2.24, 2.45) is 0 Å². The Balaban J connectivity index is 2.12. The molecule has 1 heterocycles. The Morgan fingerprint density at radius 2 is 1.90 bits per heavy atom. The maximum atomic E-state index is 6.26. The third kappa shape index (κ3) is 3.93. The van der Waals surface area contributed by atoms with Gasteiger partial charge in [0.2, 0.25) is 5.95 Å². The van der Waals surface area contributed by atoms with Crippen LogP contribution in [0.2, 0.25) is 5.02 Å². The van der Waals surface area contributed by atoms with Crippen LogP contribution in [0.5, 0.6) is 0 Å². The molecule has 21 heavy (non-hydrogen) atoms. The van der Waals surface area contributed by atoms with Crippen LogP contribution in [0.3, 0.4) is 0 Å². The summed E-state index contributed by atoms with van der Waals surface area (Å²) in [6.45, 7) is 5.90. The SMILES string of the molecule is CCNCc1cnc(N(C)C(C)c2ccccc2Cl)nc1. The van der Waals surface area contributed by atoms with E-state index < -0.39 is 0 Å². The highest BCUT2D eigenvalue weighted by Gasteiger charge is 2.16. The van der Waals surface area contributed by atoms with Gasteiger partial charge in [-0.25, -0.2) is 9.97 Å². The zero-order valence-electron chi connectivity index (χ0n) is 12.7. The second kappa shape index (κ2) is 7.38. The number of hydrogen-bond donors (Lipinski definition) is 1. The van der Waals surface area contributed by atoms with Crippen molar-refractivity contribution in [1.29, 1.82) is 0 Å². The van der Waals surface area contributed by atoms with Crippen LogP contribution in [0.4, 0.5) is 5.95 Å². The van der Waals surface area contributed by atoms with Crippen molar-refractivity contribution in [3.8, 4) is 0 Å². The minimum atomic E-state index is 0.110. The van der Waals surface area contributed by atoms with E-state index in [1.165, 1.54) is 0 Å². The highest BCUT2D eigenvalue weighted by Crippen LogP contribution is 2.27. The summed E-state index contributed by atoms with van der Waals surface area (Å²) < 4.78 is 0. The number of halogens is 1. The quantitative estimate of drug-likeness (QED) is 0.887. The number of nitrogens with one attached hydrogen (secondary N) is 1. The van der Waals surface area contributed by atoms with Crippen LogP contribution in [0.15, 0.2) is 36.7 Å². The molecule has 0 aliphatic carbocycles. The molecule has 1 N–H and O–H groups in total. The molecule has 1 aromatic carbocycles. The third-order valence-electron chi connectivity index (χ3n) is 3.52. The summed E-state index contributed by atoms with van der Waals surface area (Å²) in [6.07, 6.45) is 3.72. The fourth-order valence-corrected chi connectivity index (χ4v) is 2.38. The molecule has 0 bridgehead atoms. The van der Waals surface area contributed by atoms with Crippen molar-refractivity contribution >= 4 is 17.5 Å². The zero-order chi connectivity index (χ0) is 15.2. The van der Waals surface area contributed by atoms with Gasteiger partial charge in [-0.3, -0.25) is 0 Å². The topological polar surface area (TPSA) is 41.1 Å². The zero-order valence-corrected chi connectivity index (χ0v) is 13.4. The van der Waals surface area contributed by atoms with Crippen LogP contribution in [-0.2, 0) is 6.54 Å². The van der Waals surface area contributed by atoms with Gasteiger partial charge in [-0.1, -0.05) is 36.7 Å². The van der Waals surface area contributed by atoms with E-state index in [0.717, 1.165) is 29.2 Å². The first kappa shape index (κ1) is 15.7. The molecular weight excluding hydrogens is 284 g/mol. The second-order valence-corrected chi connectivity index (χ2v) is 5.39. The largest absolute Gasteiger partial charge is 0.337 e. The average Bonchev–Trinajstić information content (AvgIpc) is 2.52. The lowest BCUT2D eigenvalue weighted by Crippen LogP contribution is -2.24. The molecule has 1 atom stereocenters. The maximum Gasteiger partial charge on any atom is 0.225 e. The Hall–Kier alpha value is -1.65. The van der Waals surface area contributed by atoms with Crippen LogP contribution >= 0.6 is 11.6 Å². The van der Waals surface area contributed by atoms with Crippen LogP contribution in [0.1, 0.15) is 31.0 Å². The van der Waals surface area contributed by atoms with E-state index >= 15 is 0 Å². The van der Waals surface area contributed by atoms with Gasteiger partial charge >= 0.3 is 0 Å². The lowest BCUT2D eigenvalue weighted by atomic mass is 10.1. The number of aromatic nitrogens is 2. The van der Waals surface area contributed by atoms with Crippen molar-refractivity contribution in [2.45, 2.75) is 26.4 Å². The first-order valence-corrected chi connectivity index (χ1v) is 7.50. The van der Waals surface area contributed by atoms with E-state index in [4.69, 9.17) is 11.6 Å². The molecule has 0 aliphatic heterocycles. The van der Waals surface area contributed by atoms with E-state index in [9.17, 15) is 0 Å². The normalized spacial score (nSPS) is 12.2. The Morgan fingerprint density at radius 1 is 1.24 bits per heavy atom. The van der Waals surface area contributed by atoms with E-state index in [1.807, 2.05) is 48.6 Å². The second-order valence-electron chi connectivity index (χ2n) is 4.98. The predicted molar refractivity (Wildman–Crippen MR) is 87.7 cm³/mol. The molecule has 4 nitrogen and oxygen atoms in total. The minimum absolute atomic E-state index is 0.110. The molecule has 1 unspecified atom stereocenters. The van der Waals surface area contributed by atoms with Crippen LogP contribution in [0.25, 0.3) is 0 Å². The maximum absolute atomic E-state index is 6.26.